The number of carbonyl (C=O) groups excluding carboxylic acids is 2. The van der Waals surface area contributed by atoms with Gasteiger partial charge >= 0.3 is 0 Å². The molecule has 0 aromatic heterocycles. The van der Waals surface area contributed by atoms with Crippen LogP contribution in [0.15, 0.2) is 30.3 Å². The smallest absolute Gasteiger partial charge is 0.227 e. The molecule has 3 nitrogen and oxygen atoms in total. The first-order valence-electron chi connectivity index (χ1n) is 5.75. The van der Waals surface area contributed by atoms with Gasteiger partial charge in [-0.05, 0) is 12.0 Å². The first-order chi connectivity index (χ1) is 8.01. The van der Waals surface area contributed by atoms with Crippen LogP contribution in [0.3, 0.4) is 0 Å². The highest BCUT2D eigenvalue weighted by Gasteiger charge is 2.27. The standard InChI is InChI=1S/C14H18NO2/c1-4-14(2,3)13(17)15-12(10-16)11-8-6-5-7-9-11/h5-9,12H,4H2,1-3H3,(H,15,17). The Balaban J connectivity index is 2.79. The van der Waals surface area contributed by atoms with Crippen molar-refractivity contribution in [3.8, 4) is 0 Å². The molecule has 3 heteroatoms. The molecule has 0 saturated carbocycles. The Hall–Kier alpha value is -1.64. The molecule has 91 valence electrons. The Morgan fingerprint density at radius 2 is 1.94 bits per heavy atom. The maximum Gasteiger partial charge on any atom is 0.227 e. The van der Waals surface area contributed by atoms with Gasteiger partial charge in [-0.25, -0.2) is 0 Å². The van der Waals surface area contributed by atoms with Gasteiger partial charge in [-0.2, -0.15) is 0 Å². The van der Waals surface area contributed by atoms with Crippen LogP contribution in [0.1, 0.15) is 38.8 Å². The average Bonchev–Trinajstić information content (AvgIpc) is 2.36. The summed E-state index contributed by atoms with van der Waals surface area (Å²) < 4.78 is 0. The molecule has 0 heterocycles. The molecule has 1 aromatic carbocycles. The highest BCUT2D eigenvalue weighted by molar-refractivity contribution is 5.84. The fraction of sp³-hybridized carbons (Fsp3) is 0.429. The molecular formula is C14H18NO2. The number of amides is 1. The second-order valence-electron chi connectivity index (χ2n) is 4.67. The van der Waals surface area contributed by atoms with Crippen molar-refractivity contribution in [1.29, 1.82) is 0 Å². The van der Waals surface area contributed by atoms with Crippen molar-refractivity contribution in [2.45, 2.75) is 33.2 Å². The summed E-state index contributed by atoms with van der Waals surface area (Å²) in [7, 11) is 0. The van der Waals surface area contributed by atoms with E-state index in [0.717, 1.165) is 12.0 Å². The summed E-state index contributed by atoms with van der Waals surface area (Å²) >= 11 is 0. The summed E-state index contributed by atoms with van der Waals surface area (Å²) in [5.41, 5.74) is 0.284. The topological polar surface area (TPSA) is 46.2 Å². The molecule has 1 unspecified atom stereocenters. The Kier molecular flexibility index (Phi) is 4.44. The van der Waals surface area contributed by atoms with Gasteiger partial charge in [0.05, 0.1) is 0 Å². The summed E-state index contributed by atoms with van der Waals surface area (Å²) in [6, 6.07) is 8.44. The van der Waals surface area contributed by atoms with Crippen LogP contribution in [-0.4, -0.2) is 12.2 Å². The molecule has 1 atom stereocenters. The van der Waals surface area contributed by atoms with Gasteiger partial charge in [0, 0.05) is 5.41 Å². The average molecular weight is 232 g/mol. The van der Waals surface area contributed by atoms with Crippen molar-refractivity contribution in [1.82, 2.24) is 5.32 Å². The predicted octanol–water partition coefficient (Wildman–Crippen LogP) is 2.39. The van der Waals surface area contributed by atoms with Crippen LogP contribution in [0.4, 0.5) is 0 Å². The number of benzene rings is 1. The highest BCUT2D eigenvalue weighted by Crippen LogP contribution is 2.21. The summed E-state index contributed by atoms with van der Waals surface area (Å²) in [6.07, 6.45) is 2.58. The zero-order chi connectivity index (χ0) is 12.9. The third kappa shape index (κ3) is 3.41. The van der Waals surface area contributed by atoms with Gasteiger partial charge in [0.2, 0.25) is 12.2 Å². The molecule has 1 amide bonds. The summed E-state index contributed by atoms with van der Waals surface area (Å²) in [4.78, 5) is 22.9. The summed E-state index contributed by atoms with van der Waals surface area (Å²) in [5.74, 6) is -0.128. The summed E-state index contributed by atoms with van der Waals surface area (Å²) in [6.45, 7) is 5.66. The summed E-state index contributed by atoms with van der Waals surface area (Å²) in [5, 5.41) is 2.71. The first-order valence-corrected chi connectivity index (χ1v) is 5.75. The molecule has 1 rings (SSSR count). The third-order valence-corrected chi connectivity index (χ3v) is 3.02. The molecule has 1 aromatic rings. The Morgan fingerprint density at radius 3 is 2.41 bits per heavy atom. The van der Waals surface area contributed by atoms with Crippen molar-refractivity contribution in [3.05, 3.63) is 35.9 Å². The van der Waals surface area contributed by atoms with Gasteiger partial charge < -0.3 is 5.32 Å². The van der Waals surface area contributed by atoms with Gasteiger partial charge in [-0.15, -0.1) is 0 Å². The largest absolute Gasteiger partial charge is 0.341 e. The van der Waals surface area contributed by atoms with Crippen molar-refractivity contribution < 1.29 is 9.59 Å². The SMILES string of the molecule is CCC(C)(C)C(=O)NC([C]=O)c1ccccc1. The lowest BCUT2D eigenvalue weighted by molar-refractivity contribution is -0.129. The quantitative estimate of drug-likeness (QED) is 0.847. The lowest BCUT2D eigenvalue weighted by Gasteiger charge is -2.23. The molecule has 0 aliphatic heterocycles. The van der Waals surface area contributed by atoms with Gasteiger partial charge in [-0.3, -0.25) is 9.59 Å². The van der Waals surface area contributed by atoms with Gasteiger partial charge in [0.15, 0.2) is 0 Å². The minimum Gasteiger partial charge on any atom is -0.341 e. The van der Waals surface area contributed by atoms with E-state index in [-0.39, 0.29) is 5.91 Å². The molecule has 1 N–H and O–H groups in total. The van der Waals surface area contributed by atoms with Crippen LogP contribution in [0.5, 0.6) is 0 Å². The molecular weight excluding hydrogens is 214 g/mol. The van der Waals surface area contributed by atoms with Gasteiger partial charge in [-0.1, -0.05) is 51.1 Å². The van der Waals surface area contributed by atoms with E-state index in [1.165, 1.54) is 0 Å². The van der Waals surface area contributed by atoms with E-state index in [2.05, 4.69) is 5.32 Å². The monoisotopic (exact) mass is 232 g/mol. The third-order valence-electron chi connectivity index (χ3n) is 3.02. The maximum atomic E-state index is 11.9. The van der Waals surface area contributed by atoms with Gasteiger partial charge in [0.25, 0.3) is 0 Å². The fourth-order valence-corrected chi connectivity index (χ4v) is 1.31. The minimum atomic E-state index is -0.686. The van der Waals surface area contributed by atoms with Crippen molar-refractivity contribution >= 4 is 12.2 Å². The molecule has 0 spiro atoms. The van der Waals surface area contributed by atoms with Crippen LogP contribution < -0.4 is 5.32 Å². The van der Waals surface area contributed by atoms with E-state index >= 15 is 0 Å². The molecule has 0 aliphatic carbocycles. The molecule has 0 fully saturated rings. The zero-order valence-electron chi connectivity index (χ0n) is 10.5. The minimum absolute atomic E-state index is 0.128. The van der Waals surface area contributed by atoms with Crippen LogP contribution in [0.25, 0.3) is 0 Å². The Bertz CT molecular complexity index is 384. The first kappa shape index (κ1) is 13.4. The van der Waals surface area contributed by atoms with Crippen LogP contribution >= 0.6 is 0 Å². The van der Waals surface area contributed by atoms with E-state index < -0.39 is 11.5 Å². The molecule has 0 aliphatic rings. The molecule has 0 bridgehead atoms. The Morgan fingerprint density at radius 1 is 1.35 bits per heavy atom. The maximum absolute atomic E-state index is 11.9. The number of rotatable bonds is 5. The van der Waals surface area contributed by atoms with E-state index in [0.29, 0.717) is 0 Å². The normalized spacial score (nSPS) is 12.9. The van der Waals surface area contributed by atoms with E-state index in [1.54, 1.807) is 12.1 Å². The van der Waals surface area contributed by atoms with E-state index in [1.807, 2.05) is 45.3 Å². The van der Waals surface area contributed by atoms with E-state index in [4.69, 9.17) is 0 Å². The van der Waals surface area contributed by atoms with Crippen molar-refractivity contribution in [2.75, 3.05) is 0 Å². The van der Waals surface area contributed by atoms with Crippen molar-refractivity contribution in [2.24, 2.45) is 5.41 Å². The van der Waals surface area contributed by atoms with Gasteiger partial charge in [0.1, 0.15) is 6.04 Å². The molecule has 0 saturated heterocycles. The van der Waals surface area contributed by atoms with Crippen LogP contribution in [0.2, 0.25) is 0 Å². The second kappa shape index (κ2) is 5.62. The second-order valence-corrected chi connectivity index (χ2v) is 4.67. The number of carbonyl (C=O) groups is 1. The lowest BCUT2D eigenvalue weighted by Crippen LogP contribution is -2.39. The van der Waals surface area contributed by atoms with E-state index in [9.17, 15) is 9.59 Å². The number of hydrogen-bond donors (Lipinski definition) is 1. The molecule has 17 heavy (non-hydrogen) atoms. The number of nitrogens with one attached hydrogen (secondary N) is 1. The fourth-order valence-electron chi connectivity index (χ4n) is 1.31. The zero-order valence-corrected chi connectivity index (χ0v) is 10.5. The van der Waals surface area contributed by atoms with Crippen molar-refractivity contribution in [3.63, 3.8) is 0 Å². The van der Waals surface area contributed by atoms with Crippen LogP contribution in [0, 0.1) is 5.41 Å². The number of hydrogen-bond acceptors (Lipinski definition) is 2. The molecule has 1 radical (unpaired) electrons. The highest BCUT2D eigenvalue weighted by atomic mass is 16.2. The predicted molar refractivity (Wildman–Crippen MR) is 67.1 cm³/mol. The Labute approximate surface area is 102 Å². The van der Waals surface area contributed by atoms with Crippen LogP contribution in [-0.2, 0) is 9.59 Å². The lowest BCUT2D eigenvalue weighted by atomic mass is 9.88.